The van der Waals surface area contributed by atoms with E-state index in [9.17, 15) is 13.2 Å². The third kappa shape index (κ3) is 3.95. The van der Waals surface area contributed by atoms with Gasteiger partial charge in [0.05, 0.1) is 16.1 Å². The lowest BCUT2D eigenvalue weighted by Gasteiger charge is -2.30. The third-order valence-electron chi connectivity index (χ3n) is 4.65. The molecular formula is C18H18ClN3O3S3. The number of aryl methyl sites for hydroxylation is 1. The summed E-state index contributed by atoms with van der Waals surface area (Å²) < 4.78 is 28.4. The zero-order valence-corrected chi connectivity index (χ0v) is 18.2. The number of benzene rings is 1. The molecule has 1 fully saturated rings. The van der Waals surface area contributed by atoms with Crippen molar-refractivity contribution in [3.8, 4) is 0 Å². The molecule has 1 amide bonds. The lowest BCUT2D eigenvalue weighted by atomic mass is 9.99. The summed E-state index contributed by atoms with van der Waals surface area (Å²) in [5, 5.41) is 3.96. The second-order valence-electron chi connectivity index (χ2n) is 6.69. The standard InChI is InChI=1S/C18H18ClN3O3S3/c1-11-4-7-16(26-11)28(24,25)22-8-2-3-12(10-22)17(23)21-18-20-14-6-5-13(19)9-15(14)27-18/h4-7,9,12H,2-3,8,10H2,1H3,(H,20,21,23). The minimum Gasteiger partial charge on any atom is -0.302 e. The van der Waals surface area contributed by atoms with Crippen LogP contribution in [-0.4, -0.2) is 36.7 Å². The molecule has 4 rings (SSSR count). The van der Waals surface area contributed by atoms with Crippen LogP contribution in [0.15, 0.2) is 34.5 Å². The monoisotopic (exact) mass is 455 g/mol. The van der Waals surface area contributed by atoms with Gasteiger partial charge in [0.1, 0.15) is 4.21 Å². The van der Waals surface area contributed by atoms with Crippen molar-refractivity contribution < 1.29 is 13.2 Å². The Bertz CT molecular complexity index is 1140. The van der Waals surface area contributed by atoms with Gasteiger partial charge < -0.3 is 5.32 Å². The van der Waals surface area contributed by atoms with Gasteiger partial charge in [-0.1, -0.05) is 22.9 Å². The van der Waals surface area contributed by atoms with E-state index in [0.29, 0.717) is 33.7 Å². The molecule has 0 aliphatic carbocycles. The van der Waals surface area contributed by atoms with E-state index in [-0.39, 0.29) is 12.5 Å². The summed E-state index contributed by atoms with van der Waals surface area (Å²) in [5.74, 6) is -0.604. The predicted molar refractivity (Wildman–Crippen MR) is 114 cm³/mol. The van der Waals surface area contributed by atoms with Gasteiger partial charge in [0, 0.05) is 23.0 Å². The van der Waals surface area contributed by atoms with E-state index < -0.39 is 15.9 Å². The SMILES string of the molecule is Cc1ccc(S(=O)(=O)N2CCCC(C(=O)Nc3nc4ccc(Cl)cc4s3)C2)s1. The van der Waals surface area contributed by atoms with Crippen molar-refractivity contribution in [2.24, 2.45) is 5.92 Å². The van der Waals surface area contributed by atoms with Crippen LogP contribution < -0.4 is 5.32 Å². The number of piperidine rings is 1. The Morgan fingerprint density at radius 2 is 2.11 bits per heavy atom. The first kappa shape index (κ1) is 19.8. The Morgan fingerprint density at radius 1 is 1.29 bits per heavy atom. The van der Waals surface area contributed by atoms with Crippen LogP contribution in [0.25, 0.3) is 10.2 Å². The van der Waals surface area contributed by atoms with E-state index in [1.54, 1.807) is 18.2 Å². The van der Waals surface area contributed by atoms with Crippen LogP contribution >= 0.6 is 34.3 Å². The molecule has 0 spiro atoms. The first-order valence-corrected chi connectivity index (χ1v) is 12.2. The van der Waals surface area contributed by atoms with Crippen LogP contribution in [-0.2, 0) is 14.8 Å². The number of nitrogens with one attached hydrogen (secondary N) is 1. The van der Waals surface area contributed by atoms with Gasteiger partial charge in [-0.3, -0.25) is 4.79 Å². The minimum atomic E-state index is -3.56. The molecule has 6 nitrogen and oxygen atoms in total. The normalized spacial score (nSPS) is 18.4. The molecule has 10 heteroatoms. The fraction of sp³-hybridized carbons (Fsp3) is 0.333. The fourth-order valence-corrected chi connectivity index (χ4v) is 7.32. The van der Waals surface area contributed by atoms with E-state index in [4.69, 9.17) is 11.6 Å². The maximum atomic E-state index is 12.9. The molecule has 3 aromatic rings. The molecule has 0 bridgehead atoms. The lowest BCUT2D eigenvalue weighted by Crippen LogP contribution is -2.43. The highest BCUT2D eigenvalue weighted by atomic mass is 35.5. The fourth-order valence-electron chi connectivity index (χ4n) is 3.21. The zero-order chi connectivity index (χ0) is 19.9. The average molecular weight is 456 g/mol. The predicted octanol–water partition coefficient (Wildman–Crippen LogP) is 4.36. The van der Waals surface area contributed by atoms with Crippen LogP contribution in [0.4, 0.5) is 5.13 Å². The Labute approximate surface area is 176 Å². The maximum absolute atomic E-state index is 12.9. The number of rotatable bonds is 4. The number of nitrogens with zero attached hydrogens (tertiary/aromatic N) is 2. The van der Waals surface area contributed by atoms with E-state index in [1.165, 1.54) is 27.0 Å². The second-order valence-corrected chi connectivity index (χ2v) is 11.6. The van der Waals surface area contributed by atoms with Gasteiger partial charge in [-0.15, -0.1) is 11.3 Å². The molecule has 1 saturated heterocycles. The number of anilines is 1. The highest BCUT2D eigenvalue weighted by molar-refractivity contribution is 7.91. The molecular weight excluding hydrogens is 438 g/mol. The molecule has 148 valence electrons. The van der Waals surface area contributed by atoms with Crippen molar-refractivity contribution in [2.45, 2.75) is 24.0 Å². The van der Waals surface area contributed by atoms with Gasteiger partial charge in [-0.25, -0.2) is 13.4 Å². The summed E-state index contributed by atoms with van der Waals surface area (Å²) in [4.78, 5) is 18.1. The Kier molecular flexibility index (Phi) is 5.45. The minimum absolute atomic E-state index is 0.182. The van der Waals surface area contributed by atoms with Gasteiger partial charge in [-0.05, 0) is 50.1 Å². The average Bonchev–Trinajstić information content (AvgIpc) is 3.27. The number of sulfonamides is 1. The molecule has 0 saturated carbocycles. The Balaban J connectivity index is 1.48. The second kappa shape index (κ2) is 7.72. The van der Waals surface area contributed by atoms with Crippen molar-refractivity contribution in [1.82, 2.24) is 9.29 Å². The number of hydrogen-bond donors (Lipinski definition) is 1. The van der Waals surface area contributed by atoms with Crippen molar-refractivity contribution in [3.63, 3.8) is 0 Å². The number of amides is 1. The quantitative estimate of drug-likeness (QED) is 0.633. The van der Waals surface area contributed by atoms with Gasteiger partial charge in [-0.2, -0.15) is 4.31 Å². The molecule has 1 N–H and O–H groups in total. The van der Waals surface area contributed by atoms with Crippen molar-refractivity contribution in [2.75, 3.05) is 18.4 Å². The van der Waals surface area contributed by atoms with Crippen LogP contribution in [0.1, 0.15) is 17.7 Å². The zero-order valence-electron chi connectivity index (χ0n) is 15.0. The summed E-state index contributed by atoms with van der Waals surface area (Å²) in [6, 6.07) is 8.80. The number of fused-ring (bicyclic) bond motifs is 1. The van der Waals surface area contributed by atoms with Crippen LogP contribution in [0.3, 0.4) is 0 Å². The van der Waals surface area contributed by atoms with Gasteiger partial charge in [0.15, 0.2) is 5.13 Å². The summed E-state index contributed by atoms with van der Waals surface area (Å²) in [5.41, 5.74) is 0.769. The van der Waals surface area contributed by atoms with Crippen molar-refractivity contribution in [3.05, 3.63) is 40.2 Å². The molecule has 1 atom stereocenters. The van der Waals surface area contributed by atoms with Crippen molar-refractivity contribution in [1.29, 1.82) is 0 Å². The van der Waals surface area contributed by atoms with Crippen LogP contribution in [0.2, 0.25) is 5.02 Å². The van der Waals surface area contributed by atoms with E-state index in [1.807, 2.05) is 19.1 Å². The number of aromatic nitrogens is 1. The molecule has 2 aromatic heterocycles. The highest BCUT2D eigenvalue weighted by Crippen LogP contribution is 2.31. The highest BCUT2D eigenvalue weighted by Gasteiger charge is 2.34. The molecule has 1 aliphatic rings. The molecule has 1 aliphatic heterocycles. The number of hydrogen-bond acceptors (Lipinski definition) is 6. The lowest BCUT2D eigenvalue weighted by molar-refractivity contribution is -0.120. The van der Waals surface area contributed by atoms with E-state index >= 15 is 0 Å². The van der Waals surface area contributed by atoms with Gasteiger partial charge in [0.25, 0.3) is 10.0 Å². The topological polar surface area (TPSA) is 79.4 Å². The molecule has 28 heavy (non-hydrogen) atoms. The largest absolute Gasteiger partial charge is 0.302 e. The molecule has 0 radical (unpaired) electrons. The number of halogens is 1. The summed E-state index contributed by atoms with van der Waals surface area (Å²) in [6.45, 7) is 2.49. The van der Waals surface area contributed by atoms with E-state index in [2.05, 4.69) is 10.3 Å². The van der Waals surface area contributed by atoms with Gasteiger partial charge >= 0.3 is 0 Å². The third-order valence-corrected chi connectivity index (χ3v) is 9.15. The summed E-state index contributed by atoms with van der Waals surface area (Å²) in [6.07, 6.45) is 1.30. The number of thiophene rings is 1. The van der Waals surface area contributed by atoms with Gasteiger partial charge in [0.2, 0.25) is 5.91 Å². The first-order valence-electron chi connectivity index (χ1n) is 8.76. The smallest absolute Gasteiger partial charge is 0.252 e. The molecule has 3 heterocycles. The Hall–Kier alpha value is -1.52. The Morgan fingerprint density at radius 3 is 2.86 bits per heavy atom. The summed E-state index contributed by atoms with van der Waals surface area (Å²) in [7, 11) is -3.56. The molecule has 1 unspecified atom stereocenters. The van der Waals surface area contributed by atoms with E-state index in [0.717, 1.165) is 15.1 Å². The number of carbonyl (C=O) groups is 1. The summed E-state index contributed by atoms with van der Waals surface area (Å²) >= 11 is 8.60. The van der Waals surface area contributed by atoms with Crippen LogP contribution in [0, 0.1) is 12.8 Å². The van der Waals surface area contributed by atoms with Crippen LogP contribution in [0.5, 0.6) is 0 Å². The molecule has 1 aromatic carbocycles. The maximum Gasteiger partial charge on any atom is 0.252 e. The first-order chi connectivity index (χ1) is 13.3. The van der Waals surface area contributed by atoms with Crippen molar-refractivity contribution >= 4 is 65.6 Å². The number of thiazole rings is 1. The number of carbonyl (C=O) groups excluding carboxylic acids is 1.